The van der Waals surface area contributed by atoms with Crippen LogP contribution in [0.5, 0.6) is 0 Å². The number of carbonyl (C=O) groups excluding carboxylic acids is 2. The Morgan fingerprint density at radius 3 is 1.89 bits per heavy atom. The number of sulfonamides is 1. The van der Waals surface area contributed by atoms with Crippen molar-refractivity contribution in [3.8, 4) is 0 Å². The van der Waals surface area contributed by atoms with Gasteiger partial charge >= 0.3 is 121 Å². The number of halogens is 3. The Hall–Kier alpha value is -2.27. The van der Waals surface area contributed by atoms with Crippen molar-refractivity contribution in [3.63, 3.8) is 0 Å². The van der Waals surface area contributed by atoms with E-state index < -0.39 is 63.0 Å². The number of amides is 2. The zero-order valence-electron chi connectivity index (χ0n) is 33.1. The number of aryl methyl sites for hydroxylation is 2. The molecule has 4 aromatic carbocycles. The first-order chi connectivity index (χ1) is 25.6. The molecule has 0 aromatic heterocycles. The Labute approximate surface area is 410 Å². The van der Waals surface area contributed by atoms with Crippen molar-refractivity contribution in [1.29, 1.82) is 0 Å². The van der Waals surface area contributed by atoms with Gasteiger partial charge in [-0.3, -0.25) is 14.4 Å². The molecular weight excluding hydrogens is 806 g/mol. The van der Waals surface area contributed by atoms with E-state index in [0.29, 0.717) is 44.6 Å². The maximum atomic E-state index is 13.7. The van der Waals surface area contributed by atoms with Gasteiger partial charge in [0.2, 0.25) is 10.0 Å². The number of rotatable bonds is 13. The molecule has 4 aromatic rings. The average Bonchev–Trinajstić information content (AvgIpc) is 3.14. The van der Waals surface area contributed by atoms with Crippen molar-refractivity contribution in [2.45, 2.75) is 62.6 Å². The zero-order valence-corrected chi connectivity index (χ0v) is 38.2. The first kappa shape index (κ1) is 48.1. The van der Waals surface area contributed by atoms with Crippen molar-refractivity contribution in [2.75, 3.05) is 17.2 Å². The van der Waals surface area contributed by atoms with Gasteiger partial charge in [-0.1, -0.05) is 37.3 Å². The van der Waals surface area contributed by atoms with Crippen LogP contribution >= 0.6 is 0 Å². The molecule has 0 aliphatic heterocycles. The molecule has 0 spiro atoms. The van der Waals surface area contributed by atoms with Crippen molar-refractivity contribution in [1.82, 2.24) is 4.31 Å². The Morgan fingerprint density at radius 1 is 0.768 bits per heavy atom. The van der Waals surface area contributed by atoms with E-state index in [2.05, 4.69) is 10.6 Å². The minimum Gasteiger partial charge on any atom is -1.00 e. The summed E-state index contributed by atoms with van der Waals surface area (Å²) in [5.41, 5.74) is 0.294. The molecule has 0 radical (unpaired) electrons. The number of carbonyl (C=O) groups is 4. The van der Waals surface area contributed by atoms with Crippen molar-refractivity contribution < 1.29 is 157 Å². The predicted octanol–water partition coefficient (Wildman–Crippen LogP) is 1.58. The first-order valence-electron chi connectivity index (χ1n) is 17.2. The van der Waals surface area contributed by atoms with Gasteiger partial charge in [0.15, 0.2) is 0 Å². The van der Waals surface area contributed by atoms with E-state index >= 15 is 0 Å². The summed E-state index contributed by atoms with van der Waals surface area (Å²) >= 11 is 0. The quantitative estimate of drug-likeness (QED) is 0.147. The number of hydrogen-bond acceptors (Lipinski definition) is 6. The maximum Gasteiger partial charge on any atom is 1.00 e. The fourth-order valence-electron chi connectivity index (χ4n) is 6.44. The van der Waals surface area contributed by atoms with Gasteiger partial charge in [0, 0.05) is 23.8 Å². The van der Waals surface area contributed by atoms with Gasteiger partial charge in [0.25, 0.3) is 11.8 Å². The molecule has 288 valence electrons. The number of nitrogens with zero attached hydrogens (tertiary/aromatic N) is 1. The van der Waals surface area contributed by atoms with Crippen LogP contribution in [0.2, 0.25) is 0 Å². The van der Waals surface area contributed by atoms with Crippen molar-refractivity contribution in [3.05, 3.63) is 124 Å². The number of aliphatic carboxylic acids is 1. The largest absolute Gasteiger partial charge is 1.00 e. The molecule has 2 amide bonds. The molecule has 1 saturated carbocycles. The van der Waals surface area contributed by atoms with Crippen LogP contribution in [0.1, 0.15) is 83.2 Å². The third-order valence-corrected chi connectivity index (χ3v) is 11.4. The van der Waals surface area contributed by atoms with Crippen LogP contribution in [0.15, 0.2) is 95.9 Å². The molecule has 0 saturated heterocycles. The number of nitrogens with one attached hydrogen (secondary N) is 2. The summed E-state index contributed by atoms with van der Waals surface area (Å²) in [5, 5.41) is 23.4. The number of carboxylic acids is 2. The molecule has 5 rings (SSSR count). The molecule has 17 heteroatoms. The molecule has 1 fully saturated rings. The smallest absolute Gasteiger partial charge is 1.00 e. The first-order valence-corrected chi connectivity index (χ1v) is 18.6. The van der Waals surface area contributed by atoms with Crippen molar-refractivity contribution >= 4 is 45.2 Å². The van der Waals surface area contributed by atoms with E-state index in [-0.39, 0.29) is 140 Å². The minimum atomic E-state index is -4.80. The number of alkyl halides is 3. The Morgan fingerprint density at radius 2 is 1.36 bits per heavy atom. The monoisotopic (exact) mass is 845 g/mol. The van der Waals surface area contributed by atoms with Crippen LogP contribution in [0, 0.1) is 5.92 Å². The predicted molar refractivity (Wildman–Crippen MR) is 196 cm³/mol. The molecule has 11 nitrogen and oxygen atoms in total. The Balaban J connectivity index is 0.00000420. The molecule has 0 atom stereocenters. The van der Waals surface area contributed by atoms with E-state index in [4.69, 9.17) is 5.11 Å². The van der Waals surface area contributed by atoms with E-state index in [0.717, 1.165) is 29.3 Å². The number of benzene rings is 4. The standard InChI is InChI=1S/C39H38F3N3O8S.2K.2H/c1-2-45(31-19-14-27(15-20-31)38(50)51)54(52,53)32-5-3-4-28(22-32)35(46)44-34-21-16-29(39(40,41)42)23-33(34)36(47)43-30-17-10-25(11-18-30)7-6-24-8-12-26(13-9-24)37(48)49;;;;/h3-5,8-13,16-18,21-23,27,31H,2,6-7,14-15,19-20H2,1H3,(H,43,47)(H,44,46)(H,48,49)(H,50,51);;;;/q;2*+1;2*-1. The van der Waals surface area contributed by atoms with Crippen LogP contribution in [0.25, 0.3) is 0 Å². The Kier molecular flexibility index (Phi) is 18.1. The fourth-order valence-corrected chi connectivity index (χ4v) is 8.18. The summed E-state index contributed by atoms with van der Waals surface area (Å²) in [4.78, 5) is 49.1. The summed E-state index contributed by atoms with van der Waals surface area (Å²) in [5.74, 6) is -4.28. The number of hydrogen-bond donors (Lipinski definition) is 4. The topological polar surface area (TPSA) is 170 Å². The SMILES string of the molecule is CCN(C1CCC(C(=O)O)CC1)S(=O)(=O)c1cccc(C(=O)Nc2ccc(C(F)(F)F)cc2C(=O)Nc2ccc(CCc3ccc(C(=O)O)cc3)cc2)c1.[H-].[H-].[K+].[K+]. The zero-order chi connectivity index (χ0) is 39.2. The maximum absolute atomic E-state index is 13.7. The second-order valence-electron chi connectivity index (χ2n) is 12.9. The van der Waals surface area contributed by atoms with Crippen LogP contribution in [-0.4, -0.2) is 59.3 Å². The molecule has 0 heterocycles. The minimum absolute atomic E-state index is 0. The van der Waals surface area contributed by atoms with Crippen molar-refractivity contribution in [2.24, 2.45) is 5.92 Å². The third-order valence-electron chi connectivity index (χ3n) is 9.42. The van der Waals surface area contributed by atoms with Gasteiger partial charge in [-0.25, -0.2) is 13.2 Å². The van der Waals surface area contributed by atoms with Crippen LogP contribution in [0.3, 0.4) is 0 Å². The normalized spacial score (nSPS) is 15.5. The second kappa shape index (κ2) is 21.1. The number of anilines is 2. The van der Waals surface area contributed by atoms with Crippen LogP contribution < -0.4 is 113 Å². The summed E-state index contributed by atoms with van der Waals surface area (Å²) in [6, 6.07) is 20.1. The Bertz CT molecular complexity index is 2160. The van der Waals surface area contributed by atoms with Crippen LogP contribution in [0.4, 0.5) is 24.5 Å². The molecule has 0 bridgehead atoms. The average molecular weight is 846 g/mol. The number of aromatic carboxylic acids is 1. The summed E-state index contributed by atoms with van der Waals surface area (Å²) in [7, 11) is -4.12. The van der Waals surface area contributed by atoms with Gasteiger partial charge < -0.3 is 23.7 Å². The molecule has 4 N–H and O–H groups in total. The van der Waals surface area contributed by atoms with E-state index in [9.17, 15) is 45.9 Å². The van der Waals surface area contributed by atoms with Gasteiger partial charge in [-0.2, -0.15) is 17.5 Å². The van der Waals surface area contributed by atoms with Crippen LogP contribution in [-0.2, 0) is 33.8 Å². The molecular formula is C39H40F3K2N3O8S. The third kappa shape index (κ3) is 12.4. The molecule has 1 aliphatic carbocycles. The van der Waals surface area contributed by atoms with E-state index in [1.165, 1.54) is 34.6 Å². The summed E-state index contributed by atoms with van der Waals surface area (Å²) in [6.07, 6.45) is -2.21. The summed E-state index contributed by atoms with van der Waals surface area (Å²) < 4.78 is 69.9. The number of carboxylic acid groups (broad SMARTS) is 2. The second-order valence-corrected chi connectivity index (χ2v) is 14.8. The molecule has 1 aliphatic rings. The van der Waals surface area contributed by atoms with E-state index in [1.807, 2.05) is 0 Å². The van der Waals surface area contributed by atoms with Gasteiger partial charge in [0.05, 0.1) is 33.2 Å². The fraction of sp³-hybridized carbons (Fsp3) is 0.282. The van der Waals surface area contributed by atoms with E-state index in [1.54, 1.807) is 43.3 Å². The van der Waals surface area contributed by atoms with Gasteiger partial charge in [0.1, 0.15) is 0 Å². The van der Waals surface area contributed by atoms with Gasteiger partial charge in [-0.15, -0.1) is 0 Å². The van der Waals surface area contributed by atoms with Gasteiger partial charge in [-0.05, 0) is 110 Å². The molecule has 56 heavy (non-hydrogen) atoms. The summed E-state index contributed by atoms with van der Waals surface area (Å²) in [6.45, 7) is 1.77. The molecule has 0 unspecified atom stereocenters.